The van der Waals surface area contributed by atoms with Crippen molar-refractivity contribution in [1.82, 2.24) is 15.1 Å². The summed E-state index contributed by atoms with van der Waals surface area (Å²) in [7, 11) is 1.74. The van der Waals surface area contributed by atoms with Crippen LogP contribution in [0.4, 0.5) is 4.79 Å². The molecule has 1 saturated heterocycles. The number of amides is 2. The number of thioether (sulfide) groups is 1. The van der Waals surface area contributed by atoms with E-state index < -0.39 is 5.97 Å². The van der Waals surface area contributed by atoms with Crippen LogP contribution in [0, 0.1) is 0 Å². The number of hydrogen-bond acceptors (Lipinski definition) is 5. The summed E-state index contributed by atoms with van der Waals surface area (Å²) in [4.78, 5) is 28.0. The number of rotatable bonds is 8. The summed E-state index contributed by atoms with van der Waals surface area (Å²) in [6.07, 6.45) is -0.186. The molecular weight excluding hydrogens is 366 g/mol. The van der Waals surface area contributed by atoms with E-state index in [9.17, 15) is 9.59 Å². The van der Waals surface area contributed by atoms with E-state index in [-0.39, 0.29) is 24.7 Å². The summed E-state index contributed by atoms with van der Waals surface area (Å²) in [5.41, 5.74) is 1.06. The smallest absolute Gasteiger partial charge is 0.318 e. The Labute approximate surface area is 165 Å². The Bertz CT molecular complexity index is 626. The van der Waals surface area contributed by atoms with Crippen LogP contribution < -0.4 is 5.32 Å². The van der Waals surface area contributed by atoms with Gasteiger partial charge in [0, 0.05) is 24.5 Å². The fourth-order valence-corrected chi connectivity index (χ4v) is 3.70. The van der Waals surface area contributed by atoms with Crippen molar-refractivity contribution in [2.45, 2.75) is 30.9 Å². The highest BCUT2D eigenvalue weighted by Gasteiger charge is 2.26. The van der Waals surface area contributed by atoms with Gasteiger partial charge in [-0.1, -0.05) is 19.1 Å². The molecule has 1 fully saturated rings. The third kappa shape index (κ3) is 7.04. The van der Waals surface area contributed by atoms with Gasteiger partial charge >= 0.3 is 12.0 Å². The van der Waals surface area contributed by atoms with Gasteiger partial charge in [0.25, 0.3) is 0 Å². The van der Waals surface area contributed by atoms with Gasteiger partial charge in [0.1, 0.15) is 0 Å². The van der Waals surface area contributed by atoms with Crippen molar-refractivity contribution in [2.24, 2.45) is 0 Å². The van der Waals surface area contributed by atoms with E-state index in [0.29, 0.717) is 26.2 Å². The van der Waals surface area contributed by atoms with E-state index in [2.05, 4.69) is 24.4 Å². The quantitative estimate of drug-likeness (QED) is 0.657. The van der Waals surface area contributed by atoms with Gasteiger partial charge in [-0.3, -0.25) is 9.69 Å². The molecule has 2 rings (SSSR count). The van der Waals surface area contributed by atoms with Crippen LogP contribution in [0.2, 0.25) is 0 Å². The number of nitrogens with one attached hydrogen (secondary N) is 1. The lowest BCUT2D eigenvalue weighted by molar-refractivity contribution is -0.138. The van der Waals surface area contributed by atoms with E-state index in [1.54, 1.807) is 28.6 Å². The predicted molar refractivity (Wildman–Crippen MR) is 106 cm³/mol. The number of ether oxygens (including phenoxy) is 1. The molecule has 7 nitrogen and oxygen atoms in total. The summed E-state index contributed by atoms with van der Waals surface area (Å²) in [5, 5.41) is 11.9. The number of benzene rings is 1. The molecule has 2 amide bonds. The number of carbonyl (C=O) groups excluding carboxylic acids is 1. The van der Waals surface area contributed by atoms with Gasteiger partial charge < -0.3 is 20.1 Å². The zero-order valence-electron chi connectivity index (χ0n) is 16.2. The molecule has 27 heavy (non-hydrogen) atoms. The minimum Gasteiger partial charge on any atom is -0.480 e. The molecule has 2 N–H and O–H groups in total. The van der Waals surface area contributed by atoms with Crippen LogP contribution in [0.15, 0.2) is 29.2 Å². The maximum Gasteiger partial charge on any atom is 0.318 e. The zero-order valence-corrected chi connectivity index (χ0v) is 17.0. The van der Waals surface area contributed by atoms with E-state index in [1.165, 1.54) is 4.90 Å². The Kier molecular flexibility index (Phi) is 8.40. The van der Waals surface area contributed by atoms with Crippen LogP contribution in [-0.2, 0) is 9.53 Å². The molecule has 150 valence electrons. The van der Waals surface area contributed by atoms with Gasteiger partial charge in [0.2, 0.25) is 0 Å². The topological polar surface area (TPSA) is 82.1 Å². The maximum atomic E-state index is 12.6. The summed E-state index contributed by atoms with van der Waals surface area (Å²) in [6, 6.07) is 8.04. The fraction of sp³-hybridized carbons (Fsp3) is 0.579. The average Bonchev–Trinajstić information content (AvgIpc) is 2.62. The van der Waals surface area contributed by atoms with Crippen LogP contribution >= 0.6 is 11.8 Å². The molecule has 8 heteroatoms. The molecule has 1 aromatic rings. The largest absolute Gasteiger partial charge is 0.480 e. The lowest BCUT2D eigenvalue weighted by Crippen LogP contribution is -2.52. The molecule has 1 aliphatic rings. The second-order valence-electron chi connectivity index (χ2n) is 6.70. The Hall–Kier alpha value is -1.77. The van der Waals surface area contributed by atoms with Crippen molar-refractivity contribution < 1.29 is 19.4 Å². The van der Waals surface area contributed by atoms with E-state index in [4.69, 9.17) is 9.84 Å². The number of morpholine rings is 1. The SMILES string of the molecule is CCSc1ccc(C(C)NC(=O)N2CCOC(CN(C)CC(=O)O)C2)cc1. The molecule has 1 aromatic carbocycles. The molecule has 1 heterocycles. The second-order valence-corrected chi connectivity index (χ2v) is 8.04. The molecule has 0 saturated carbocycles. The average molecular weight is 396 g/mol. The van der Waals surface area contributed by atoms with Crippen molar-refractivity contribution in [2.75, 3.05) is 45.6 Å². The lowest BCUT2D eigenvalue weighted by Gasteiger charge is -2.35. The van der Waals surface area contributed by atoms with Gasteiger partial charge in [0.15, 0.2) is 0 Å². The monoisotopic (exact) mass is 395 g/mol. The number of hydrogen-bond donors (Lipinski definition) is 2. The molecule has 0 spiro atoms. The normalized spacial score (nSPS) is 18.4. The summed E-state index contributed by atoms with van der Waals surface area (Å²) < 4.78 is 5.68. The minimum atomic E-state index is -0.875. The second kappa shape index (κ2) is 10.5. The number of carbonyl (C=O) groups is 2. The Morgan fingerprint density at radius 3 is 2.74 bits per heavy atom. The first-order valence-corrected chi connectivity index (χ1v) is 10.2. The lowest BCUT2D eigenvalue weighted by atomic mass is 10.1. The van der Waals surface area contributed by atoms with Crippen molar-refractivity contribution in [1.29, 1.82) is 0 Å². The van der Waals surface area contributed by atoms with Crippen molar-refractivity contribution >= 4 is 23.8 Å². The Morgan fingerprint density at radius 1 is 1.41 bits per heavy atom. The standard InChI is InChI=1S/C19H29N3O4S/c1-4-27-17-7-5-15(6-8-17)14(2)20-19(25)22-9-10-26-16(12-22)11-21(3)13-18(23)24/h5-8,14,16H,4,9-13H2,1-3H3,(H,20,25)(H,23,24). The first-order valence-electron chi connectivity index (χ1n) is 9.19. The summed E-state index contributed by atoms with van der Waals surface area (Å²) >= 11 is 1.79. The zero-order chi connectivity index (χ0) is 19.8. The van der Waals surface area contributed by atoms with E-state index in [0.717, 1.165) is 11.3 Å². The van der Waals surface area contributed by atoms with Gasteiger partial charge in [0.05, 0.1) is 25.3 Å². The highest BCUT2D eigenvalue weighted by Crippen LogP contribution is 2.21. The number of nitrogens with zero attached hydrogens (tertiary/aromatic N) is 2. The van der Waals surface area contributed by atoms with E-state index >= 15 is 0 Å². The van der Waals surface area contributed by atoms with E-state index in [1.807, 2.05) is 19.1 Å². The number of carboxylic acids is 1. The Balaban J connectivity index is 1.85. The first-order chi connectivity index (χ1) is 12.9. The number of carboxylic acid groups (broad SMARTS) is 1. The summed E-state index contributed by atoms with van der Waals surface area (Å²) in [5.74, 6) is 0.158. The van der Waals surface area contributed by atoms with Gasteiger partial charge in [-0.15, -0.1) is 11.8 Å². The molecule has 0 radical (unpaired) electrons. The maximum absolute atomic E-state index is 12.6. The van der Waals surface area contributed by atoms with Crippen LogP contribution in [0.25, 0.3) is 0 Å². The molecule has 1 aliphatic heterocycles. The minimum absolute atomic E-state index is 0.0462. The molecule has 2 atom stereocenters. The first kappa shape index (κ1) is 21.5. The molecular formula is C19H29N3O4S. The Morgan fingerprint density at radius 2 is 2.11 bits per heavy atom. The third-order valence-electron chi connectivity index (χ3n) is 4.38. The van der Waals surface area contributed by atoms with Gasteiger partial charge in [-0.25, -0.2) is 4.79 Å². The van der Waals surface area contributed by atoms with Gasteiger partial charge in [-0.05, 0) is 37.4 Å². The predicted octanol–water partition coefficient (Wildman–Crippen LogP) is 2.29. The highest BCUT2D eigenvalue weighted by atomic mass is 32.2. The number of aliphatic carboxylic acids is 1. The van der Waals surface area contributed by atoms with Crippen LogP contribution in [-0.4, -0.2) is 78.6 Å². The van der Waals surface area contributed by atoms with Crippen molar-refractivity contribution in [3.63, 3.8) is 0 Å². The van der Waals surface area contributed by atoms with Gasteiger partial charge in [-0.2, -0.15) is 0 Å². The van der Waals surface area contributed by atoms with Crippen LogP contribution in [0.1, 0.15) is 25.5 Å². The van der Waals surface area contributed by atoms with Crippen molar-refractivity contribution in [3.8, 4) is 0 Å². The number of likely N-dealkylation sites (N-methyl/N-ethyl adjacent to an activating group) is 1. The van der Waals surface area contributed by atoms with Crippen molar-refractivity contribution in [3.05, 3.63) is 29.8 Å². The molecule has 2 unspecified atom stereocenters. The van der Waals surface area contributed by atoms with Crippen LogP contribution in [0.5, 0.6) is 0 Å². The molecule has 0 bridgehead atoms. The number of urea groups is 1. The fourth-order valence-electron chi connectivity index (χ4n) is 3.04. The highest BCUT2D eigenvalue weighted by molar-refractivity contribution is 7.99. The summed E-state index contributed by atoms with van der Waals surface area (Å²) in [6.45, 7) is 5.96. The third-order valence-corrected chi connectivity index (χ3v) is 5.27. The molecule has 0 aromatic heterocycles. The molecule has 0 aliphatic carbocycles. The van der Waals surface area contributed by atoms with Crippen LogP contribution in [0.3, 0.4) is 0 Å².